The predicted molar refractivity (Wildman–Crippen MR) is 71.0 cm³/mol. The summed E-state index contributed by atoms with van der Waals surface area (Å²) in [6, 6.07) is 5.18. The molecule has 0 aliphatic heterocycles. The lowest BCUT2D eigenvalue weighted by atomic mass is 10.2. The average Bonchev–Trinajstić information content (AvgIpc) is 2.96. The number of anilines is 1. The molecule has 0 radical (unpaired) electrons. The van der Waals surface area contributed by atoms with Gasteiger partial charge in [0.1, 0.15) is 12.2 Å². The van der Waals surface area contributed by atoms with Gasteiger partial charge in [-0.05, 0) is 25.1 Å². The van der Waals surface area contributed by atoms with Crippen molar-refractivity contribution in [3.8, 4) is 0 Å². The Morgan fingerprint density at radius 3 is 3.00 bits per heavy atom. The molecule has 6 nitrogen and oxygen atoms in total. The minimum absolute atomic E-state index is 0.146. The maximum Gasteiger partial charge on any atom is 0.223 e. The van der Waals surface area contributed by atoms with E-state index in [1.807, 2.05) is 11.5 Å². The second kappa shape index (κ2) is 4.10. The van der Waals surface area contributed by atoms with Crippen LogP contribution < -0.4 is 5.73 Å². The summed E-state index contributed by atoms with van der Waals surface area (Å²) in [7, 11) is 0. The van der Waals surface area contributed by atoms with E-state index >= 15 is 0 Å². The molecule has 3 aromatic rings. The molecule has 19 heavy (non-hydrogen) atoms. The number of ketones is 1. The van der Waals surface area contributed by atoms with Gasteiger partial charge in [0.2, 0.25) is 11.7 Å². The second-order valence-corrected chi connectivity index (χ2v) is 4.25. The summed E-state index contributed by atoms with van der Waals surface area (Å²) in [5.74, 6) is 0.133. The van der Waals surface area contributed by atoms with Gasteiger partial charge in [0.15, 0.2) is 5.76 Å². The number of nitrogens with zero attached hydrogens (tertiary/aromatic N) is 2. The number of furan rings is 1. The van der Waals surface area contributed by atoms with Crippen molar-refractivity contribution in [2.45, 2.75) is 13.5 Å². The molecule has 98 valence electrons. The zero-order chi connectivity index (χ0) is 13.6. The lowest BCUT2D eigenvalue weighted by Gasteiger charge is -2.01. The van der Waals surface area contributed by atoms with Crippen molar-refractivity contribution in [3.63, 3.8) is 0 Å². The Balaban J connectivity index is 2.38. The summed E-state index contributed by atoms with van der Waals surface area (Å²) < 4.78 is 7.31. The number of aliphatic hydroxyl groups is 1. The predicted octanol–water partition coefficient (Wildman–Crippen LogP) is 1.56. The normalized spacial score (nSPS) is 11.5. The van der Waals surface area contributed by atoms with Crippen molar-refractivity contribution < 1.29 is 14.3 Å². The van der Waals surface area contributed by atoms with E-state index in [1.165, 1.54) is 0 Å². The highest BCUT2D eigenvalue weighted by Gasteiger charge is 2.16. The van der Waals surface area contributed by atoms with E-state index in [1.54, 1.807) is 18.2 Å². The molecular formula is C13H13N3O3. The number of aliphatic hydroxyl groups excluding tert-OH is 1. The number of hydrogen-bond acceptors (Lipinski definition) is 5. The quantitative estimate of drug-likeness (QED) is 0.696. The molecule has 0 atom stereocenters. The highest BCUT2D eigenvalue weighted by Crippen LogP contribution is 2.29. The number of nitrogen functional groups attached to an aromatic ring is 1. The molecule has 0 unspecified atom stereocenters. The molecule has 2 heterocycles. The van der Waals surface area contributed by atoms with Crippen molar-refractivity contribution in [3.05, 3.63) is 24.0 Å². The molecule has 0 bridgehead atoms. The Kier molecular flexibility index (Phi) is 2.53. The minimum Gasteiger partial charge on any atom is -0.453 e. The summed E-state index contributed by atoms with van der Waals surface area (Å²) >= 11 is 0. The van der Waals surface area contributed by atoms with Crippen LogP contribution in [0.4, 0.5) is 5.95 Å². The number of benzene rings is 1. The van der Waals surface area contributed by atoms with Crippen molar-refractivity contribution >= 4 is 33.7 Å². The average molecular weight is 259 g/mol. The van der Waals surface area contributed by atoms with Crippen LogP contribution in [-0.4, -0.2) is 27.0 Å². The summed E-state index contributed by atoms with van der Waals surface area (Å²) in [5.41, 5.74) is 8.05. The zero-order valence-electron chi connectivity index (χ0n) is 10.4. The van der Waals surface area contributed by atoms with E-state index in [-0.39, 0.29) is 5.76 Å². The Morgan fingerprint density at radius 1 is 1.53 bits per heavy atom. The van der Waals surface area contributed by atoms with Crippen LogP contribution in [0, 0.1) is 0 Å². The van der Waals surface area contributed by atoms with Crippen molar-refractivity contribution in [1.82, 2.24) is 9.55 Å². The van der Waals surface area contributed by atoms with E-state index in [9.17, 15) is 4.79 Å². The second-order valence-electron chi connectivity index (χ2n) is 4.25. The maximum absolute atomic E-state index is 11.5. The molecule has 0 saturated heterocycles. The van der Waals surface area contributed by atoms with Crippen LogP contribution in [-0.2, 0) is 6.54 Å². The Morgan fingerprint density at radius 2 is 2.32 bits per heavy atom. The van der Waals surface area contributed by atoms with E-state index in [0.29, 0.717) is 18.1 Å². The number of carbonyl (C=O) groups excluding carboxylic acids is 1. The molecule has 0 aliphatic rings. The number of Topliss-reactive ketones (excluding diaryl/α,β-unsaturated/α-hetero) is 1. The fourth-order valence-corrected chi connectivity index (χ4v) is 2.29. The number of aryl methyl sites for hydroxylation is 1. The first-order valence-electron chi connectivity index (χ1n) is 5.98. The molecule has 0 spiro atoms. The molecule has 3 rings (SSSR count). The monoisotopic (exact) mass is 259 g/mol. The molecular weight excluding hydrogens is 246 g/mol. The first-order chi connectivity index (χ1) is 9.15. The third-order valence-corrected chi connectivity index (χ3v) is 3.17. The summed E-state index contributed by atoms with van der Waals surface area (Å²) in [4.78, 5) is 15.8. The standard InChI is InChI=1S/C13H13N3O3/c1-2-16-12-7-5-11(9(18)6-17)19-10(7)4-3-8(12)15-13(16)14/h3-5,17H,2,6H2,1H3,(H2,14,15). The van der Waals surface area contributed by atoms with E-state index in [0.717, 1.165) is 16.4 Å². The summed E-state index contributed by atoms with van der Waals surface area (Å²) in [5, 5.41) is 9.66. The molecule has 0 amide bonds. The topological polar surface area (TPSA) is 94.3 Å². The van der Waals surface area contributed by atoms with E-state index in [2.05, 4.69) is 4.98 Å². The molecule has 6 heteroatoms. The van der Waals surface area contributed by atoms with Crippen LogP contribution in [0.15, 0.2) is 22.6 Å². The van der Waals surface area contributed by atoms with E-state index < -0.39 is 12.4 Å². The van der Waals surface area contributed by atoms with Crippen molar-refractivity contribution in [1.29, 1.82) is 0 Å². The fraction of sp³-hybridized carbons (Fsp3) is 0.231. The summed E-state index contributed by atoms with van der Waals surface area (Å²) in [6.45, 7) is 2.07. The van der Waals surface area contributed by atoms with Gasteiger partial charge in [-0.1, -0.05) is 0 Å². The van der Waals surface area contributed by atoms with Gasteiger partial charge in [-0.2, -0.15) is 0 Å². The maximum atomic E-state index is 11.5. The zero-order valence-corrected chi connectivity index (χ0v) is 10.4. The highest BCUT2D eigenvalue weighted by molar-refractivity contribution is 6.07. The molecule has 0 aliphatic carbocycles. The number of rotatable bonds is 3. The number of carbonyl (C=O) groups is 1. The Labute approximate surface area is 108 Å². The van der Waals surface area contributed by atoms with Gasteiger partial charge in [0, 0.05) is 11.9 Å². The Hall–Kier alpha value is -2.34. The number of aromatic nitrogens is 2. The SMILES string of the molecule is CCn1c(N)nc2ccc3oc(C(=O)CO)cc3c21. The largest absolute Gasteiger partial charge is 0.453 e. The van der Waals surface area contributed by atoms with Crippen LogP contribution >= 0.6 is 0 Å². The number of nitrogens with two attached hydrogens (primary N) is 1. The molecule has 3 N–H and O–H groups in total. The van der Waals surface area contributed by atoms with Gasteiger partial charge in [-0.15, -0.1) is 0 Å². The van der Waals surface area contributed by atoms with Crippen LogP contribution in [0.1, 0.15) is 17.5 Å². The van der Waals surface area contributed by atoms with E-state index in [4.69, 9.17) is 15.3 Å². The first-order valence-corrected chi connectivity index (χ1v) is 5.98. The van der Waals surface area contributed by atoms with Crippen LogP contribution in [0.3, 0.4) is 0 Å². The molecule has 0 fully saturated rings. The number of hydrogen-bond donors (Lipinski definition) is 2. The van der Waals surface area contributed by atoms with Crippen molar-refractivity contribution in [2.75, 3.05) is 12.3 Å². The smallest absolute Gasteiger partial charge is 0.223 e. The Bertz CT molecular complexity index is 785. The molecule has 2 aromatic heterocycles. The third kappa shape index (κ3) is 1.61. The molecule has 1 aromatic carbocycles. The lowest BCUT2D eigenvalue weighted by molar-refractivity contribution is 0.0878. The van der Waals surface area contributed by atoms with Gasteiger partial charge >= 0.3 is 0 Å². The first kappa shape index (κ1) is 11.7. The van der Waals surface area contributed by atoms with Crippen molar-refractivity contribution in [2.24, 2.45) is 0 Å². The van der Waals surface area contributed by atoms with Crippen LogP contribution in [0.5, 0.6) is 0 Å². The van der Waals surface area contributed by atoms with Crippen LogP contribution in [0.2, 0.25) is 0 Å². The van der Waals surface area contributed by atoms with Gasteiger partial charge in [0.05, 0.1) is 11.0 Å². The van der Waals surface area contributed by atoms with Gasteiger partial charge < -0.3 is 19.8 Å². The van der Waals surface area contributed by atoms with Crippen LogP contribution in [0.25, 0.3) is 22.0 Å². The fourth-order valence-electron chi connectivity index (χ4n) is 2.29. The van der Waals surface area contributed by atoms with Gasteiger partial charge in [0.25, 0.3) is 0 Å². The lowest BCUT2D eigenvalue weighted by Crippen LogP contribution is -2.02. The van der Waals surface area contributed by atoms with Gasteiger partial charge in [-0.3, -0.25) is 4.79 Å². The summed E-state index contributed by atoms with van der Waals surface area (Å²) in [6.07, 6.45) is 0. The van der Waals surface area contributed by atoms with Gasteiger partial charge in [-0.25, -0.2) is 4.98 Å². The molecule has 0 saturated carbocycles. The number of imidazole rings is 1. The number of fused-ring (bicyclic) bond motifs is 3. The third-order valence-electron chi connectivity index (χ3n) is 3.17. The minimum atomic E-state index is -0.571. The highest BCUT2D eigenvalue weighted by atomic mass is 16.3.